The molecule has 0 radical (unpaired) electrons. The van der Waals surface area contributed by atoms with Gasteiger partial charge in [0.1, 0.15) is 5.82 Å². The first kappa shape index (κ1) is 20.7. The molecule has 2 aromatic carbocycles. The summed E-state index contributed by atoms with van der Waals surface area (Å²) < 4.78 is 49.9. The molecule has 10 heteroatoms. The summed E-state index contributed by atoms with van der Waals surface area (Å²) in [5.74, 6) is -0.874. The largest absolute Gasteiger partial charge is 0.493 e. The minimum atomic E-state index is -3.02. The van der Waals surface area contributed by atoms with Crippen molar-refractivity contribution in [3.8, 4) is 11.5 Å². The number of ether oxygens (including phenoxy) is 2. The van der Waals surface area contributed by atoms with Crippen LogP contribution in [0.2, 0.25) is 0 Å². The maximum absolute atomic E-state index is 13.8. The van der Waals surface area contributed by atoms with Crippen molar-refractivity contribution in [1.82, 2.24) is 9.78 Å². The number of benzene rings is 2. The molecule has 0 bridgehead atoms. The van der Waals surface area contributed by atoms with Crippen molar-refractivity contribution in [3.63, 3.8) is 0 Å². The maximum Gasteiger partial charge on any atom is 0.387 e. The van der Waals surface area contributed by atoms with Gasteiger partial charge in [-0.3, -0.25) is 9.48 Å². The van der Waals surface area contributed by atoms with Gasteiger partial charge in [0.25, 0.3) is 5.91 Å². The van der Waals surface area contributed by atoms with E-state index in [1.165, 1.54) is 36.1 Å². The molecule has 0 saturated heterocycles. The van der Waals surface area contributed by atoms with Crippen LogP contribution in [-0.4, -0.2) is 29.4 Å². The third kappa shape index (κ3) is 5.08. The molecule has 1 N–H and O–H groups in total. The molecule has 3 aromatic rings. The van der Waals surface area contributed by atoms with E-state index in [-0.39, 0.29) is 35.2 Å². The molecular formula is C19H15BrF3N3O3. The van der Waals surface area contributed by atoms with Crippen molar-refractivity contribution in [1.29, 1.82) is 0 Å². The van der Waals surface area contributed by atoms with Crippen molar-refractivity contribution in [2.75, 3.05) is 12.4 Å². The highest BCUT2D eigenvalue weighted by molar-refractivity contribution is 9.10. The molecule has 0 aliphatic rings. The molecule has 152 valence electrons. The van der Waals surface area contributed by atoms with Crippen LogP contribution in [0, 0.1) is 5.82 Å². The van der Waals surface area contributed by atoms with E-state index in [4.69, 9.17) is 4.74 Å². The summed E-state index contributed by atoms with van der Waals surface area (Å²) in [7, 11) is 1.27. The Morgan fingerprint density at radius 2 is 2.00 bits per heavy atom. The lowest BCUT2D eigenvalue weighted by molar-refractivity contribution is -0.0512. The molecule has 3 rings (SSSR count). The molecule has 1 amide bonds. The van der Waals surface area contributed by atoms with E-state index in [1.807, 2.05) is 0 Å². The second-order valence-electron chi connectivity index (χ2n) is 5.81. The predicted molar refractivity (Wildman–Crippen MR) is 103 cm³/mol. The average molecular weight is 470 g/mol. The third-order valence-corrected chi connectivity index (χ3v) is 4.46. The lowest BCUT2D eigenvalue weighted by atomic mass is 10.2. The Morgan fingerprint density at radius 1 is 1.24 bits per heavy atom. The first-order chi connectivity index (χ1) is 13.9. The van der Waals surface area contributed by atoms with Crippen molar-refractivity contribution >= 4 is 27.7 Å². The molecule has 0 atom stereocenters. The number of carbonyl (C=O) groups is 1. The van der Waals surface area contributed by atoms with Crippen LogP contribution in [0.3, 0.4) is 0 Å². The summed E-state index contributed by atoms with van der Waals surface area (Å²) in [6.07, 6.45) is 1.60. The second kappa shape index (κ2) is 8.99. The summed E-state index contributed by atoms with van der Waals surface area (Å²) in [6, 6.07) is 10.1. The average Bonchev–Trinajstić information content (AvgIpc) is 3.02. The molecule has 0 unspecified atom stereocenters. The van der Waals surface area contributed by atoms with E-state index in [0.29, 0.717) is 10.0 Å². The highest BCUT2D eigenvalue weighted by Gasteiger charge is 2.17. The number of halogens is 4. The Kier molecular flexibility index (Phi) is 6.42. The number of anilines is 1. The zero-order valence-corrected chi connectivity index (χ0v) is 16.6. The van der Waals surface area contributed by atoms with Crippen molar-refractivity contribution in [2.45, 2.75) is 13.2 Å². The molecule has 0 fully saturated rings. The van der Waals surface area contributed by atoms with Crippen LogP contribution in [0.1, 0.15) is 15.9 Å². The summed E-state index contributed by atoms with van der Waals surface area (Å²) in [6.45, 7) is -2.84. The summed E-state index contributed by atoms with van der Waals surface area (Å²) >= 11 is 3.30. The maximum atomic E-state index is 13.8. The third-order valence-electron chi connectivity index (χ3n) is 3.88. The van der Waals surface area contributed by atoms with Crippen LogP contribution in [0.5, 0.6) is 11.5 Å². The van der Waals surface area contributed by atoms with Crippen LogP contribution in [-0.2, 0) is 6.54 Å². The first-order valence-corrected chi connectivity index (χ1v) is 9.07. The zero-order chi connectivity index (χ0) is 21.0. The van der Waals surface area contributed by atoms with Crippen LogP contribution < -0.4 is 14.8 Å². The van der Waals surface area contributed by atoms with Crippen molar-refractivity contribution < 1.29 is 27.4 Å². The van der Waals surface area contributed by atoms with Gasteiger partial charge in [-0.05, 0) is 40.2 Å². The standard InChI is InChI=1S/C19H15BrF3N3O3/c1-28-16-8-11(6-7-15(16)29-19(22)23)18(27)24-17-13(20)10-26(25-17)9-12-4-2-3-5-14(12)21/h2-8,10,19H,9H2,1H3,(H,24,25,27). The fraction of sp³-hybridized carbons (Fsp3) is 0.158. The van der Waals surface area contributed by atoms with Crippen LogP contribution in [0.15, 0.2) is 53.1 Å². The number of nitrogens with zero attached hydrogens (tertiary/aromatic N) is 2. The van der Waals surface area contributed by atoms with Gasteiger partial charge in [0.05, 0.1) is 18.1 Å². The topological polar surface area (TPSA) is 65.4 Å². The number of nitrogens with one attached hydrogen (secondary N) is 1. The fourth-order valence-electron chi connectivity index (χ4n) is 2.55. The molecule has 6 nitrogen and oxygen atoms in total. The van der Waals surface area contributed by atoms with Crippen molar-refractivity contribution in [2.24, 2.45) is 0 Å². The van der Waals surface area contributed by atoms with E-state index in [9.17, 15) is 18.0 Å². The molecule has 0 aliphatic carbocycles. The lowest BCUT2D eigenvalue weighted by Crippen LogP contribution is -2.14. The normalized spacial score (nSPS) is 10.8. The molecule has 0 saturated carbocycles. The van der Waals surface area contributed by atoms with Gasteiger partial charge in [-0.2, -0.15) is 13.9 Å². The smallest absolute Gasteiger partial charge is 0.387 e. The number of rotatable bonds is 7. The second-order valence-corrected chi connectivity index (χ2v) is 6.67. The summed E-state index contributed by atoms with van der Waals surface area (Å²) in [5, 5.41) is 6.83. The zero-order valence-electron chi connectivity index (χ0n) is 15.0. The number of hydrogen-bond donors (Lipinski definition) is 1. The molecule has 1 aromatic heterocycles. The van der Waals surface area contributed by atoms with Gasteiger partial charge in [-0.15, -0.1) is 0 Å². The van der Waals surface area contributed by atoms with Gasteiger partial charge in [-0.1, -0.05) is 18.2 Å². The highest BCUT2D eigenvalue weighted by Crippen LogP contribution is 2.30. The number of aromatic nitrogens is 2. The van der Waals surface area contributed by atoms with Gasteiger partial charge in [0.2, 0.25) is 0 Å². The van der Waals surface area contributed by atoms with E-state index in [2.05, 4.69) is 31.1 Å². The van der Waals surface area contributed by atoms with Gasteiger partial charge >= 0.3 is 6.61 Å². The Hall–Kier alpha value is -3.01. The Morgan fingerprint density at radius 3 is 2.69 bits per heavy atom. The SMILES string of the molecule is COc1cc(C(=O)Nc2nn(Cc3ccccc3F)cc2Br)ccc1OC(F)F. The minimum absolute atomic E-state index is 0.0119. The molecular weight excluding hydrogens is 455 g/mol. The molecule has 0 spiro atoms. The summed E-state index contributed by atoms with van der Waals surface area (Å²) in [5.41, 5.74) is 0.596. The Labute approximate surface area is 172 Å². The van der Waals surface area contributed by atoms with E-state index in [1.54, 1.807) is 24.4 Å². The van der Waals surface area contributed by atoms with Gasteiger partial charge in [0, 0.05) is 17.3 Å². The lowest BCUT2D eigenvalue weighted by Gasteiger charge is -2.11. The fourth-order valence-corrected chi connectivity index (χ4v) is 2.96. The van der Waals surface area contributed by atoms with Gasteiger partial charge in [0.15, 0.2) is 17.3 Å². The highest BCUT2D eigenvalue weighted by atomic mass is 79.9. The van der Waals surface area contributed by atoms with Gasteiger partial charge in [-0.25, -0.2) is 4.39 Å². The quantitative estimate of drug-likeness (QED) is 0.544. The number of methoxy groups -OCH3 is 1. The van der Waals surface area contributed by atoms with E-state index in [0.717, 1.165) is 0 Å². The predicted octanol–water partition coefficient (Wildman–Crippen LogP) is 4.70. The summed E-state index contributed by atoms with van der Waals surface area (Å²) in [4.78, 5) is 12.5. The van der Waals surface area contributed by atoms with Crippen LogP contribution in [0.25, 0.3) is 0 Å². The number of alkyl halides is 2. The van der Waals surface area contributed by atoms with Gasteiger partial charge < -0.3 is 14.8 Å². The number of amides is 1. The molecule has 0 aliphatic heterocycles. The number of hydrogen-bond acceptors (Lipinski definition) is 4. The minimum Gasteiger partial charge on any atom is -0.493 e. The number of carbonyl (C=O) groups excluding carboxylic acids is 1. The Balaban J connectivity index is 1.75. The Bertz CT molecular complexity index is 1030. The molecule has 1 heterocycles. The van der Waals surface area contributed by atoms with E-state index >= 15 is 0 Å². The molecule has 29 heavy (non-hydrogen) atoms. The monoisotopic (exact) mass is 469 g/mol. The van der Waals surface area contributed by atoms with E-state index < -0.39 is 12.5 Å². The van der Waals surface area contributed by atoms with Crippen LogP contribution in [0.4, 0.5) is 19.0 Å². The first-order valence-electron chi connectivity index (χ1n) is 8.28. The van der Waals surface area contributed by atoms with Crippen molar-refractivity contribution in [3.05, 3.63) is 70.1 Å². The van der Waals surface area contributed by atoms with Crippen LogP contribution >= 0.6 is 15.9 Å².